The highest BCUT2D eigenvalue weighted by molar-refractivity contribution is 7.80. The fourth-order valence-corrected chi connectivity index (χ4v) is 2.19. The molecular weight excluding hydrogens is 299 g/mol. The standard InChI is InChI=1S/C14H12F3N3S/c1-8-6-7-19-13(11(8)12(18)21)20-10-5-3-2-4-9(10)14(15,16)17/h2-7H,1H3,(H2,18,21)(H,19,20). The van der Waals surface area contributed by atoms with E-state index in [2.05, 4.69) is 10.3 Å². The first-order chi connectivity index (χ1) is 9.80. The number of aromatic nitrogens is 1. The van der Waals surface area contributed by atoms with Crippen molar-refractivity contribution in [2.24, 2.45) is 5.73 Å². The molecule has 3 nitrogen and oxygen atoms in total. The second-order valence-electron chi connectivity index (χ2n) is 4.38. The van der Waals surface area contributed by atoms with E-state index in [-0.39, 0.29) is 16.5 Å². The van der Waals surface area contributed by atoms with Gasteiger partial charge in [-0.2, -0.15) is 13.2 Å². The SMILES string of the molecule is Cc1ccnc(Nc2ccccc2C(F)(F)F)c1C(N)=S. The molecule has 0 spiro atoms. The molecule has 0 aliphatic heterocycles. The number of halogens is 3. The Balaban J connectivity index is 2.50. The Morgan fingerprint density at radius 3 is 2.52 bits per heavy atom. The number of alkyl halides is 3. The van der Waals surface area contributed by atoms with Crippen LogP contribution in [0, 0.1) is 6.92 Å². The fourth-order valence-electron chi connectivity index (χ4n) is 1.93. The number of hydrogen-bond donors (Lipinski definition) is 2. The van der Waals surface area contributed by atoms with Crippen LogP contribution in [0.5, 0.6) is 0 Å². The topological polar surface area (TPSA) is 50.9 Å². The van der Waals surface area contributed by atoms with Crippen LogP contribution in [-0.2, 0) is 6.18 Å². The minimum atomic E-state index is -4.46. The molecule has 110 valence electrons. The lowest BCUT2D eigenvalue weighted by atomic mass is 10.1. The number of nitrogens with zero attached hydrogens (tertiary/aromatic N) is 1. The molecule has 0 fully saturated rings. The fraction of sp³-hybridized carbons (Fsp3) is 0.143. The summed E-state index contributed by atoms with van der Waals surface area (Å²) < 4.78 is 38.9. The molecule has 7 heteroatoms. The van der Waals surface area contributed by atoms with Crippen molar-refractivity contribution >= 4 is 28.7 Å². The maximum absolute atomic E-state index is 13.0. The third-order valence-corrected chi connectivity index (χ3v) is 3.10. The summed E-state index contributed by atoms with van der Waals surface area (Å²) in [6.45, 7) is 1.76. The van der Waals surface area contributed by atoms with Crippen molar-refractivity contribution in [3.8, 4) is 0 Å². The maximum atomic E-state index is 13.0. The molecule has 0 unspecified atom stereocenters. The zero-order chi connectivity index (χ0) is 15.6. The quantitative estimate of drug-likeness (QED) is 0.847. The van der Waals surface area contributed by atoms with Crippen LogP contribution in [0.2, 0.25) is 0 Å². The van der Waals surface area contributed by atoms with Gasteiger partial charge in [0.1, 0.15) is 10.8 Å². The van der Waals surface area contributed by atoms with E-state index in [1.807, 2.05) is 0 Å². The predicted octanol–water partition coefficient (Wildman–Crippen LogP) is 3.79. The number of rotatable bonds is 3. The van der Waals surface area contributed by atoms with Crippen molar-refractivity contribution in [1.82, 2.24) is 4.98 Å². The number of nitrogens with one attached hydrogen (secondary N) is 1. The number of nitrogens with two attached hydrogens (primary N) is 1. The Morgan fingerprint density at radius 1 is 1.24 bits per heavy atom. The molecule has 1 heterocycles. The van der Waals surface area contributed by atoms with Crippen LogP contribution in [0.4, 0.5) is 24.7 Å². The van der Waals surface area contributed by atoms with Crippen LogP contribution in [0.3, 0.4) is 0 Å². The smallest absolute Gasteiger partial charge is 0.389 e. The first kappa shape index (κ1) is 15.2. The van der Waals surface area contributed by atoms with E-state index < -0.39 is 11.7 Å². The van der Waals surface area contributed by atoms with Gasteiger partial charge in [-0.25, -0.2) is 4.98 Å². The van der Waals surface area contributed by atoms with Crippen LogP contribution < -0.4 is 11.1 Å². The summed E-state index contributed by atoms with van der Waals surface area (Å²) in [6, 6.07) is 6.85. The van der Waals surface area contributed by atoms with Gasteiger partial charge < -0.3 is 11.1 Å². The number of anilines is 2. The van der Waals surface area contributed by atoms with Crippen molar-refractivity contribution in [1.29, 1.82) is 0 Å². The Bertz CT molecular complexity index is 683. The van der Waals surface area contributed by atoms with Gasteiger partial charge in [0.25, 0.3) is 0 Å². The zero-order valence-corrected chi connectivity index (χ0v) is 11.8. The molecule has 1 aromatic heterocycles. The van der Waals surface area contributed by atoms with Crippen molar-refractivity contribution in [2.75, 3.05) is 5.32 Å². The molecule has 0 aliphatic carbocycles. The second-order valence-corrected chi connectivity index (χ2v) is 4.82. The number of hydrogen-bond acceptors (Lipinski definition) is 3. The highest BCUT2D eigenvalue weighted by Gasteiger charge is 2.33. The van der Waals surface area contributed by atoms with Gasteiger partial charge in [0.05, 0.1) is 16.8 Å². The lowest BCUT2D eigenvalue weighted by Gasteiger charge is -2.16. The van der Waals surface area contributed by atoms with E-state index >= 15 is 0 Å². The molecule has 0 radical (unpaired) electrons. The summed E-state index contributed by atoms with van der Waals surface area (Å²) >= 11 is 4.94. The number of pyridine rings is 1. The van der Waals surface area contributed by atoms with E-state index in [4.69, 9.17) is 18.0 Å². The maximum Gasteiger partial charge on any atom is 0.418 e. The average Bonchev–Trinajstić information content (AvgIpc) is 2.37. The summed E-state index contributed by atoms with van der Waals surface area (Å²) in [5.41, 5.74) is 5.92. The molecule has 2 aromatic rings. The largest absolute Gasteiger partial charge is 0.418 e. The van der Waals surface area contributed by atoms with E-state index in [9.17, 15) is 13.2 Å². The lowest BCUT2D eigenvalue weighted by Crippen LogP contribution is -2.16. The van der Waals surface area contributed by atoms with E-state index in [0.29, 0.717) is 5.56 Å². The highest BCUT2D eigenvalue weighted by atomic mass is 32.1. The normalized spacial score (nSPS) is 11.2. The van der Waals surface area contributed by atoms with Gasteiger partial charge in [-0.3, -0.25) is 0 Å². The first-order valence-corrected chi connectivity index (χ1v) is 6.40. The molecular formula is C14H12F3N3S. The molecule has 0 saturated carbocycles. The van der Waals surface area contributed by atoms with Crippen molar-refractivity contribution < 1.29 is 13.2 Å². The zero-order valence-electron chi connectivity index (χ0n) is 11.0. The molecule has 21 heavy (non-hydrogen) atoms. The molecule has 3 N–H and O–H groups in total. The number of para-hydroxylation sites is 1. The van der Waals surface area contributed by atoms with Gasteiger partial charge in [-0.15, -0.1) is 0 Å². The Morgan fingerprint density at radius 2 is 1.90 bits per heavy atom. The molecule has 0 bridgehead atoms. The van der Waals surface area contributed by atoms with Gasteiger partial charge in [-0.05, 0) is 30.7 Å². The Kier molecular flexibility index (Phi) is 4.13. The summed E-state index contributed by atoms with van der Waals surface area (Å²) in [4.78, 5) is 4.11. The van der Waals surface area contributed by atoms with Crippen molar-refractivity contribution in [3.63, 3.8) is 0 Å². The van der Waals surface area contributed by atoms with Gasteiger partial charge in [0, 0.05) is 6.20 Å². The molecule has 0 amide bonds. The second kappa shape index (κ2) is 5.69. The van der Waals surface area contributed by atoms with Crippen LogP contribution >= 0.6 is 12.2 Å². The molecule has 0 saturated heterocycles. The molecule has 0 aliphatic rings. The van der Waals surface area contributed by atoms with Gasteiger partial charge in [-0.1, -0.05) is 24.4 Å². The minimum Gasteiger partial charge on any atom is -0.389 e. The summed E-state index contributed by atoms with van der Waals surface area (Å²) in [7, 11) is 0. The Labute approximate surface area is 125 Å². The number of aryl methyl sites for hydroxylation is 1. The Hall–Kier alpha value is -2.15. The summed E-state index contributed by atoms with van der Waals surface area (Å²) in [5, 5.41) is 2.67. The van der Waals surface area contributed by atoms with Crippen LogP contribution in [-0.4, -0.2) is 9.97 Å². The van der Waals surface area contributed by atoms with Crippen molar-refractivity contribution in [3.05, 3.63) is 53.2 Å². The van der Waals surface area contributed by atoms with Crippen molar-refractivity contribution in [2.45, 2.75) is 13.1 Å². The van der Waals surface area contributed by atoms with Gasteiger partial charge >= 0.3 is 6.18 Å². The van der Waals surface area contributed by atoms with Gasteiger partial charge in [0.15, 0.2) is 0 Å². The summed E-state index contributed by atoms with van der Waals surface area (Å²) in [5.74, 6) is 0.208. The van der Waals surface area contributed by atoms with Crippen LogP contribution in [0.25, 0.3) is 0 Å². The highest BCUT2D eigenvalue weighted by Crippen LogP contribution is 2.36. The predicted molar refractivity (Wildman–Crippen MR) is 79.6 cm³/mol. The van der Waals surface area contributed by atoms with Crippen LogP contribution in [0.1, 0.15) is 16.7 Å². The molecule has 1 aromatic carbocycles. The molecule has 0 atom stereocenters. The number of benzene rings is 1. The monoisotopic (exact) mass is 311 g/mol. The van der Waals surface area contributed by atoms with E-state index in [1.165, 1.54) is 24.4 Å². The lowest BCUT2D eigenvalue weighted by molar-refractivity contribution is -0.136. The molecule has 2 rings (SSSR count). The third-order valence-electron chi connectivity index (χ3n) is 2.89. The minimum absolute atomic E-state index is 0.0765. The average molecular weight is 311 g/mol. The van der Waals surface area contributed by atoms with E-state index in [0.717, 1.165) is 11.6 Å². The van der Waals surface area contributed by atoms with Gasteiger partial charge in [0.2, 0.25) is 0 Å². The third kappa shape index (κ3) is 3.30. The number of thiocarbonyl (C=S) groups is 1. The van der Waals surface area contributed by atoms with Crippen LogP contribution in [0.15, 0.2) is 36.5 Å². The first-order valence-electron chi connectivity index (χ1n) is 5.99. The summed E-state index contributed by atoms with van der Waals surface area (Å²) in [6.07, 6.45) is -2.98. The van der Waals surface area contributed by atoms with E-state index in [1.54, 1.807) is 13.0 Å².